The van der Waals surface area contributed by atoms with Crippen LogP contribution in [0.4, 0.5) is 0 Å². The van der Waals surface area contributed by atoms with Crippen molar-refractivity contribution in [3.8, 4) is 0 Å². The van der Waals surface area contributed by atoms with E-state index in [0.29, 0.717) is 16.0 Å². The van der Waals surface area contributed by atoms with Gasteiger partial charge in [-0.2, -0.15) is 0 Å². The summed E-state index contributed by atoms with van der Waals surface area (Å²) in [5.74, 6) is 0.415. The van der Waals surface area contributed by atoms with Gasteiger partial charge in [-0.3, -0.25) is 0 Å². The Morgan fingerprint density at radius 3 is 2.88 bits per heavy atom. The zero-order chi connectivity index (χ0) is 12.6. The van der Waals surface area contributed by atoms with Gasteiger partial charge in [-0.05, 0) is 34.0 Å². The summed E-state index contributed by atoms with van der Waals surface area (Å²) in [6.45, 7) is 4.21. The molecule has 0 spiro atoms. The number of carboxylic acids is 1. The Morgan fingerprint density at radius 1 is 1.59 bits per heavy atom. The topological polar surface area (TPSA) is 54.6 Å². The van der Waals surface area contributed by atoms with Crippen LogP contribution in [0.3, 0.4) is 0 Å². The number of pyridine rings is 1. The molecule has 4 nitrogen and oxygen atoms in total. The number of aromatic carboxylic acids is 1. The highest BCUT2D eigenvalue weighted by Crippen LogP contribution is 2.24. The summed E-state index contributed by atoms with van der Waals surface area (Å²) in [6.07, 6.45) is 2.66. The lowest BCUT2D eigenvalue weighted by molar-refractivity contribution is 0.0698. The zero-order valence-corrected chi connectivity index (χ0v) is 11.2. The summed E-state index contributed by atoms with van der Waals surface area (Å²) < 4.78 is 2.43. The quantitative estimate of drug-likeness (QED) is 0.947. The van der Waals surface area contributed by atoms with Gasteiger partial charge in [0.25, 0.3) is 0 Å². The Balaban J connectivity index is 2.68. The molecule has 2 aromatic heterocycles. The maximum atomic E-state index is 11.1. The predicted octanol–water partition coefficient (Wildman–Crippen LogP) is 2.99. The van der Waals surface area contributed by atoms with Crippen molar-refractivity contribution >= 4 is 27.4 Å². The second-order valence-corrected chi connectivity index (χ2v) is 5.11. The molecule has 0 saturated carbocycles. The van der Waals surface area contributed by atoms with Crippen LogP contribution >= 0.6 is 15.9 Å². The van der Waals surface area contributed by atoms with E-state index in [1.807, 2.05) is 10.6 Å². The molecule has 0 bridgehead atoms. The third-order valence-electron chi connectivity index (χ3n) is 2.52. The van der Waals surface area contributed by atoms with Crippen molar-refractivity contribution in [2.24, 2.45) is 5.92 Å². The molecule has 0 amide bonds. The third kappa shape index (κ3) is 2.20. The molecule has 1 N–H and O–H groups in total. The van der Waals surface area contributed by atoms with Crippen molar-refractivity contribution in [3.05, 3.63) is 34.3 Å². The second kappa shape index (κ2) is 4.49. The van der Waals surface area contributed by atoms with E-state index in [2.05, 4.69) is 34.8 Å². The number of hydrogen-bond donors (Lipinski definition) is 1. The highest BCUT2D eigenvalue weighted by molar-refractivity contribution is 9.10. The standard InChI is InChI=1S/C12H13BrN2O2/c1-7(2)6-9-14-11(13)10-8(12(16)17)4-3-5-15(9)10/h3-5,7H,6H2,1-2H3,(H,16,17). The first-order valence-electron chi connectivity index (χ1n) is 5.39. The van der Waals surface area contributed by atoms with E-state index in [1.165, 1.54) is 0 Å². The Hall–Kier alpha value is -1.36. The normalized spacial score (nSPS) is 11.3. The maximum absolute atomic E-state index is 11.1. The van der Waals surface area contributed by atoms with Crippen molar-refractivity contribution in [3.63, 3.8) is 0 Å². The number of aromatic nitrogens is 2. The molecule has 0 radical (unpaired) electrons. The Labute approximate surface area is 107 Å². The fourth-order valence-electron chi connectivity index (χ4n) is 1.84. The van der Waals surface area contributed by atoms with Crippen molar-refractivity contribution in [1.29, 1.82) is 0 Å². The van der Waals surface area contributed by atoms with E-state index >= 15 is 0 Å². The number of hydrogen-bond acceptors (Lipinski definition) is 2. The van der Waals surface area contributed by atoms with Crippen molar-refractivity contribution < 1.29 is 9.90 Å². The average molecular weight is 297 g/mol. The SMILES string of the molecule is CC(C)Cc1nc(Br)c2c(C(=O)O)cccn12. The lowest BCUT2D eigenvalue weighted by atomic mass is 10.1. The second-order valence-electron chi connectivity index (χ2n) is 4.36. The summed E-state index contributed by atoms with van der Waals surface area (Å²) in [4.78, 5) is 15.5. The Bertz CT molecular complexity index is 575. The molecule has 90 valence electrons. The Morgan fingerprint density at radius 2 is 2.29 bits per heavy atom. The van der Waals surface area contributed by atoms with E-state index in [4.69, 9.17) is 5.11 Å². The molecule has 0 aliphatic carbocycles. The molecule has 0 aliphatic rings. The predicted molar refractivity (Wildman–Crippen MR) is 68.4 cm³/mol. The van der Waals surface area contributed by atoms with Crippen LogP contribution in [-0.4, -0.2) is 20.5 Å². The van der Waals surface area contributed by atoms with Crippen LogP contribution in [0.15, 0.2) is 22.9 Å². The summed E-state index contributed by atoms with van der Waals surface area (Å²) in [7, 11) is 0. The number of carboxylic acid groups (broad SMARTS) is 1. The minimum absolute atomic E-state index is 0.266. The van der Waals surface area contributed by atoms with E-state index < -0.39 is 5.97 Å². The van der Waals surface area contributed by atoms with Gasteiger partial charge >= 0.3 is 5.97 Å². The van der Waals surface area contributed by atoms with Crippen LogP contribution in [-0.2, 0) is 6.42 Å². The van der Waals surface area contributed by atoms with Crippen LogP contribution in [0.2, 0.25) is 0 Å². The van der Waals surface area contributed by atoms with Crippen LogP contribution in [0.1, 0.15) is 30.0 Å². The lowest BCUT2D eigenvalue weighted by Gasteiger charge is -2.04. The molecule has 0 fully saturated rings. The van der Waals surface area contributed by atoms with Crippen molar-refractivity contribution in [2.45, 2.75) is 20.3 Å². The van der Waals surface area contributed by atoms with Crippen LogP contribution < -0.4 is 0 Å². The summed E-state index contributed by atoms with van der Waals surface area (Å²) in [6, 6.07) is 3.32. The number of rotatable bonds is 3. The minimum Gasteiger partial charge on any atom is -0.478 e. The molecule has 0 saturated heterocycles. The van der Waals surface area contributed by atoms with Gasteiger partial charge < -0.3 is 9.51 Å². The van der Waals surface area contributed by atoms with Gasteiger partial charge in [0, 0.05) is 12.6 Å². The zero-order valence-electron chi connectivity index (χ0n) is 9.64. The van der Waals surface area contributed by atoms with E-state index in [9.17, 15) is 4.79 Å². The lowest BCUT2D eigenvalue weighted by Crippen LogP contribution is -2.03. The summed E-state index contributed by atoms with van der Waals surface area (Å²) in [5.41, 5.74) is 0.887. The fraction of sp³-hybridized carbons (Fsp3) is 0.333. The first-order chi connectivity index (χ1) is 8.00. The van der Waals surface area contributed by atoms with E-state index in [1.54, 1.807) is 12.1 Å². The maximum Gasteiger partial charge on any atom is 0.337 e. The van der Waals surface area contributed by atoms with E-state index in [-0.39, 0.29) is 5.56 Å². The third-order valence-corrected chi connectivity index (χ3v) is 3.07. The molecule has 0 aromatic carbocycles. The van der Waals surface area contributed by atoms with Gasteiger partial charge in [0.1, 0.15) is 10.4 Å². The van der Waals surface area contributed by atoms with Crippen molar-refractivity contribution in [1.82, 2.24) is 9.38 Å². The average Bonchev–Trinajstić information content (AvgIpc) is 2.55. The smallest absolute Gasteiger partial charge is 0.337 e. The molecule has 2 heterocycles. The molecule has 2 rings (SSSR count). The molecule has 0 atom stereocenters. The van der Waals surface area contributed by atoms with Crippen molar-refractivity contribution in [2.75, 3.05) is 0 Å². The van der Waals surface area contributed by atoms with Gasteiger partial charge in [-0.15, -0.1) is 0 Å². The molecule has 17 heavy (non-hydrogen) atoms. The first-order valence-corrected chi connectivity index (χ1v) is 6.18. The largest absolute Gasteiger partial charge is 0.478 e. The number of carbonyl (C=O) groups is 1. The number of nitrogens with zero attached hydrogens (tertiary/aromatic N) is 2. The fourth-order valence-corrected chi connectivity index (χ4v) is 2.45. The highest BCUT2D eigenvalue weighted by Gasteiger charge is 2.16. The van der Waals surface area contributed by atoms with Crippen LogP contribution in [0, 0.1) is 5.92 Å². The Kier molecular flexibility index (Phi) is 3.19. The van der Waals surface area contributed by atoms with Gasteiger partial charge in [-0.25, -0.2) is 9.78 Å². The van der Waals surface area contributed by atoms with Crippen LogP contribution in [0.5, 0.6) is 0 Å². The van der Waals surface area contributed by atoms with Gasteiger partial charge in [0.05, 0.1) is 11.1 Å². The number of imidazole rings is 1. The molecular weight excluding hydrogens is 284 g/mol. The van der Waals surface area contributed by atoms with E-state index in [0.717, 1.165) is 12.2 Å². The number of halogens is 1. The number of fused-ring (bicyclic) bond motifs is 1. The molecule has 5 heteroatoms. The summed E-state index contributed by atoms with van der Waals surface area (Å²) >= 11 is 3.33. The first kappa shape index (κ1) is 12.1. The van der Waals surface area contributed by atoms with Gasteiger partial charge in [0.15, 0.2) is 0 Å². The van der Waals surface area contributed by atoms with Gasteiger partial charge in [-0.1, -0.05) is 13.8 Å². The summed E-state index contributed by atoms with van der Waals surface area (Å²) in [5, 5.41) is 9.14. The highest BCUT2D eigenvalue weighted by atomic mass is 79.9. The van der Waals surface area contributed by atoms with Crippen LogP contribution in [0.25, 0.3) is 5.52 Å². The molecule has 0 unspecified atom stereocenters. The minimum atomic E-state index is -0.938. The van der Waals surface area contributed by atoms with Gasteiger partial charge in [0.2, 0.25) is 0 Å². The molecule has 0 aliphatic heterocycles. The molecule has 2 aromatic rings. The molecular formula is C12H13BrN2O2. The monoisotopic (exact) mass is 296 g/mol.